The quantitative estimate of drug-likeness (QED) is 0.347. The SMILES string of the molecule is CCOc1ccc(CN(C)C(=NC)NCC(=O)Nc2ccc(F)cc2)cc1.I. The predicted molar refractivity (Wildman–Crippen MR) is 121 cm³/mol. The van der Waals surface area contributed by atoms with Crippen LogP contribution in [0.2, 0.25) is 0 Å². The van der Waals surface area contributed by atoms with Crippen LogP contribution in [-0.4, -0.2) is 44.0 Å². The van der Waals surface area contributed by atoms with E-state index in [0.717, 1.165) is 11.3 Å². The van der Waals surface area contributed by atoms with Gasteiger partial charge in [-0.05, 0) is 48.9 Å². The Bertz CT molecular complexity index is 767. The van der Waals surface area contributed by atoms with Crippen molar-refractivity contribution in [2.45, 2.75) is 13.5 Å². The Morgan fingerprint density at radius 3 is 2.36 bits per heavy atom. The predicted octanol–water partition coefficient (Wildman–Crippen LogP) is 3.49. The second kappa shape index (κ2) is 12.2. The lowest BCUT2D eigenvalue weighted by atomic mass is 10.2. The minimum atomic E-state index is -0.345. The van der Waals surface area contributed by atoms with Gasteiger partial charge in [0.05, 0.1) is 13.2 Å². The number of nitrogens with one attached hydrogen (secondary N) is 2. The van der Waals surface area contributed by atoms with Gasteiger partial charge in [-0.3, -0.25) is 9.79 Å². The number of benzene rings is 2. The highest BCUT2D eigenvalue weighted by molar-refractivity contribution is 14.0. The average Bonchev–Trinajstić information content (AvgIpc) is 2.66. The molecule has 0 atom stereocenters. The number of ether oxygens (including phenoxy) is 1. The monoisotopic (exact) mass is 500 g/mol. The highest BCUT2D eigenvalue weighted by Gasteiger charge is 2.09. The Hall–Kier alpha value is -2.36. The molecule has 2 rings (SSSR count). The maximum Gasteiger partial charge on any atom is 0.243 e. The van der Waals surface area contributed by atoms with Crippen molar-refractivity contribution >= 4 is 41.5 Å². The zero-order valence-electron chi connectivity index (χ0n) is 16.2. The highest BCUT2D eigenvalue weighted by atomic mass is 127. The summed E-state index contributed by atoms with van der Waals surface area (Å²) in [5.41, 5.74) is 1.64. The molecule has 2 aromatic rings. The van der Waals surface area contributed by atoms with Crippen LogP contribution in [-0.2, 0) is 11.3 Å². The molecule has 0 aliphatic heterocycles. The molecule has 0 saturated carbocycles. The van der Waals surface area contributed by atoms with E-state index in [-0.39, 0.29) is 42.2 Å². The first-order valence-electron chi connectivity index (χ1n) is 8.70. The van der Waals surface area contributed by atoms with Gasteiger partial charge in [0.15, 0.2) is 5.96 Å². The topological polar surface area (TPSA) is 66.0 Å². The van der Waals surface area contributed by atoms with Crippen molar-refractivity contribution in [1.29, 1.82) is 0 Å². The average molecular weight is 500 g/mol. The van der Waals surface area contributed by atoms with Crippen molar-refractivity contribution in [2.24, 2.45) is 4.99 Å². The first-order chi connectivity index (χ1) is 13.0. The molecule has 2 aromatic carbocycles. The molecule has 0 heterocycles. The Balaban J connectivity index is 0.00000392. The van der Waals surface area contributed by atoms with Gasteiger partial charge in [-0.1, -0.05) is 12.1 Å². The number of hydrogen-bond acceptors (Lipinski definition) is 3. The van der Waals surface area contributed by atoms with Gasteiger partial charge in [0.1, 0.15) is 11.6 Å². The number of carbonyl (C=O) groups excluding carboxylic acids is 1. The Morgan fingerprint density at radius 1 is 1.14 bits per heavy atom. The van der Waals surface area contributed by atoms with Crippen molar-refractivity contribution in [3.05, 3.63) is 59.9 Å². The van der Waals surface area contributed by atoms with Gasteiger partial charge in [0, 0.05) is 26.3 Å². The lowest BCUT2D eigenvalue weighted by molar-refractivity contribution is -0.115. The number of halogens is 2. The molecule has 2 N–H and O–H groups in total. The molecule has 0 fully saturated rings. The van der Waals surface area contributed by atoms with Crippen LogP contribution in [0.1, 0.15) is 12.5 Å². The summed E-state index contributed by atoms with van der Waals surface area (Å²) in [6, 6.07) is 13.5. The Morgan fingerprint density at radius 2 is 1.79 bits per heavy atom. The van der Waals surface area contributed by atoms with Gasteiger partial charge in [0.2, 0.25) is 5.91 Å². The number of hydrogen-bond donors (Lipinski definition) is 2. The van der Waals surface area contributed by atoms with E-state index in [9.17, 15) is 9.18 Å². The maximum absolute atomic E-state index is 12.9. The molecule has 8 heteroatoms. The summed E-state index contributed by atoms with van der Waals surface area (Å²) in [6.07, 6.45) is 0. The molecule has 0 spiro atoms. The van der Waals surface area contributed by atoms with E-state index in [2.05, 4.69) is 15.6 Å². The van der Waals surface area contributed by atoms with Crippen LogP contribution in [0, 0.1) is 5.82 Å². The summed E-state index contributed by atoms with van der Waals surface area (Å²) >= 11 is 0. The zero-order chi connectivity index (χ0) is 19.6. The molecule has 0 saturated heterocycles. The van der Waals surface area contributed by atoms with Crippen LogP contribution in [0.5, 0.6) is 5.75 Å². The van der Waals surface area contributed by atoms with E-state index >= 15 is 0 Å². The molecular weight excluding hydrogens is 474 g/mol. The lowest BCUT2D eigenvalue weighted by Crippen LogP contribution is -2.42. The van der Waals surface area contributed by atoms with Crippen LogP contribution in [0.15, 0.2) is 53.5 Å². The highest BCUT2D eigenvalue weighted by Crippen LogP contribution is 2.13. The first kappa shape index (κ1) is 23.7. The third-order valence-electron chi connectivity index (χ3n) is 3.76. The summed E-state index contributed by atoms with van der Waals surface area (Å²) in [4.78, 5) is 18.2. The van der Waals surface area contributed by atoms with Crippen LogP contribution in [0.3, 0.4) is 0 Å². The number of amides is 1. The van der Waals surface area contributed by atoms with Gasteiger partial charge in [-0.2, -0.15) is 0 Å². The van der Waals surface area contributed by atoms with Crippen molar-refractivity contribution < 1.29 is 13.9 Å². The van der Waals surface area contributed by atoms with E-state index < -0.39 is 0 Å². The number of anilines is 1. The minimum Gasteiger partial charge on any atom is -0.494 e. The molecule has 1 amide bonds. The summed E-state index contributed by atoms with van der Waals surface area (Å²) in [5.74, 6) is 0.849. The molecule has 28 heavy (non-hydrogen) atoms. The number of carbonyl (C=O) groups is 1. The minimum absolute atomic E-state index is 0. The molecule has 0 aliphatic rings. The number of nitrogens with zero attached hydrogens (tertiary/aromatic N) is 2. The first-order valence-corrected chi connectivity index (χ1v) is 8.70. The van der Waals surface area contributed by atoms with E-state index in [1.807, 2.05) is 43.1 Å². The van der Waals surface area contributed by atoms with Crippen LogP contribution in [0.25, 0.3) is 0 Å². The lowest BCUT2D eigenvalue weighted by Gasteiger charge is -2.22. The summed E-state index contributed by atoms with van der Waals surface area (Å²) in [7, 11) is 3.55. The summed E-state index contributed by atoms with van der Waals surface area (Å²) in [6.45, 7) is 3.27. The van der Waals surface area contributed by atoms with E-state index in [1.54, 1.807) is 7.05 Å². The van der Waals surface area contributed by atoms with Crippen LogP contribution >= 0.6 is 24.0 Å². The van der Waals surface area contributed by atoms with Crippen LogP contribution < -0.4 is 15.4 Å². The normalized spacial score (nSPS) is 10.6. The van der Waals surface area contributed by atoms with Gasteiger partial charge < -0.3 is 20.3 Å². The largest absolute Gasteiger partial charge is 0.494 e. The van der Waals surface area contributed by atoms with Crippen molar-refractivity contribution in [1.82, 2.24) is 10.2 Å². The van der Waals surface area contributed by atoms with Crippen molar-refractivity contribution in [3.63, 3.8) is 0 Å². The fourth-order valence-electron chi connectivity index (χ4n) is 2.49. The smallest absolute Gasteiger partial charge is 0.243 e. The standard InChI is InChI=1S/C20H25FN4O2.HI/c1-4-27-18-11-5-15(6-12-18)14-25(3)20(22-2)23-13-19(26)24-17-9-7-16(21)8-10-17;/h5-12H,4,13-14H2,1-3H3,(H,22,23)(H,24,26);1H. The van der Waals surface area contributed by atoms with Crippen LogP contribution in [0.4, 0.5) is 10.1 Å². The summed E-state index contributed by atoms with van der Waals surface area (Å²) in [5, 5.41) is 5.72. The Kier molecular flexibility index (Phi) is 10.3. The fourth-order valence-corrected chi connectivity index (χ4v) is 2.49. The van der Waals surface area contributed by atoms with E-state index in [1.165, 1.54) is 24.3 Å². The third kappa shape index (κ3) is 7.71. The van der Waals surface area contributed by atoms with Gasteiger partial charge >= 0.3 is 0 Å². The van der Waals surface area contributed by atoms with Gasteiger partial charge in [0.25, 0.3) is 0 Å². The second-order valence-electron chi connectivity index (χ2n) is 5.89. The molecule has 0 bridgehead atoms. The van der Waals surface area contributed by atoms with Gasteiger partial charge in [-0.15, -0.1) is 24.0 Å². The summed E-state index contributed by atoms with van der Waals surface area (Å²) < 4.78 is 18.3. The number of guanidine groups is 1. The van der Waals surface area contributed by atoms with E-state index in [4.69, 9.17) is 4.74 Å². The molecule has 0 unspecified atom stereocenters. The molecular formula is C20H26FIN4O2. The molecule has 0 aliphatic carbocycles. The fraction of sp³-hybridized carbons (Fsp3) is 0.300. The third-order valence-corrected chi connectivity index (χ3v) is 3.76. The van der Waals surface area contributed by atoms with Crippen molar-refractivity contribution in [3.8, 4) is 5.75 Å². The molecule has 0 radical (unpaired) electrons. The second-order valence-corrected chi connectivity index (χ2v) is 5.89. The molecule has 152 valence electrons. The number of aliphatic imine (C=N–C) groups is 1. The molecule has 6 nitrogen and oxygen atoms in total. The van der Waals surface area contributed by atoms with Crippen molar-refractivity contribution in [2.75, 3.05) is 32.6 Å². The zero-order valence-corrected chi connectivity index (χ0v) is 18.6. The van der Waals surface area contributed by atoms with E-state index in [0.29, 0.717) is 24.8 Å². The Labute approximate surface area is 182 Å². The number of rotatable bonds is 7. The maximum atomic E-state index is 12.9. The molecule has 0 aromatic heterocycles. The van der Waals surface area contributed by atoms with Gasteiger partial charge in [-0.25, -0.2) is 4.39 Å².